The lowest BCUT2D eigenvalue weighted by atomic mass is 9.77. The van der Waals surface area contributed by atoms with Gasteiger partial charge in [-0.2, -0.15) is 0 Å². The Kier molecular flexibility index (Phi) is 4.48. The highest BCUT2D eigenvalue weighted by Gasteiger charge is 2.54. The van der Waals surface area contributed by atoms with E-state index < -0.39 is 17.6 Å². The molecule has 0 saturated heterocycles. The molecule has 3 aromatic rings. The molecule has 1 aliphatic heterocycles. The molecule has 4 N–H and O–H groups in total. The first kappa shape index (κ1) is 20.5. The second-order valence-corrected chi connectivity index (χ2v) is 9.68. The van der Waals surface area contributed by atoms with Gasteiger partial charge in [0.05, 0.1) is 30.9 Å². The van der Waals surface area contributed by atoms with Gasteiger partial charge in [0.1, 0.15) is 5.75 Å². The first-order chi connectivity index (χ1) is 16.0. The highest BCUT2D eigenvalue weighted by Crippen LogP contribution is 2.58. The van der Waals surface area contributed by atoms with Crippen LogP contribution in [0.1, 0.15) is 64.0 Å². The molecule has 6 rings (SSSR count). The van der Waals surface area contributed by atoms with E-state index in [9.17, 15) is 4.79 Å². The van der Waals surface area contributed by atoms with Crippen LogP contribution in [0.2, 0.25) is 0 Å². The molecule has 6 nitrogen and oxygen atoms in total. The van der Waals surface area contributed by atoms with Gasteiger partial charge in [0.15, 0.2) is 0 Å². The second kappa shape index (κ2) is 7.20. The predicted octanol–water partition coefficient (Wildman–Crippen LogP) is 4.21. The number of benzene rings is 2. The van der Waals surface area contributed by atoms with E-state index in [2.05, 4.69) is 35.4 Å². The zero-order valence-electron chi connectivity index (χ0n) is 18.8. The average Bonchev–Trinajstić information content (AvgIpc) is 3.56. The minimum atomic E-state index is -0.808. The highest BCUT2D eigenvalue weighted by atomic mass is 16.5. The molecule has 0 bridgehead atoms. The van der Waals surface area contributed by atoms with Crippen LogP contribution in [0.15, 0.2) is 43.0 Å². The molecule has 2 unspecified atom stereocenters. The third kappa shape index (κ3) is 2.90. The van der Waals surface area contributed by atoms with E-state index in [-0.39, 0.29) is 5.92 Å². The number of hydrogen-bond donors (Lipinski definition) is 2. The van der Waals surface area contributed by atoms with Crippen molar-refractivity contribution in [2.75, 3.05) is 13.7 Å². The summed E-state index contributed by atoms with van der Waals surface area (Å²) in [5.74, 6) is 0.984. The van der Waals surface area contributed by atoms with E-state index in [1.807, 2.05) is 12.1 Å². The van der Waals surface area contributed by atoms with Crippen LogP contribution in [0.4, 0.5) is 0 Å². The van der Waals surface area contributed by atoms with Crippen molar-refractivity contribution in [1.29, 1.82) is 0 Å². The Balaban J connectivity index is 1.56. The van der Waals surface area contributed by atoms with Crippen molar-refractivity contribution in [2.45, 2.75) is 43.3 Å². The lowest BCUT2D eigenvalue weighted by Crippen LogP contribution is -2.49. The summed E-state index contributed by atoms with van der Waals surface area (Å²) in [6.07, 6.45) is 5.15. The number of nitrogens with two attached hydrogens (primary N) is 2. The minimum Gasteiger partial charge on any atom is -0.493 e. The highest BCUT2D eigenvalue weighted by molar-refractivity contribution is 5.91. The lowest BCUT2D eigenvalue weighted by molar-refractivity contribution is 0.0600. The Morgan fingerprint density at radius 1 is 1.27 bits per heavy atom. The Bertz CT molecular complexity index is 1310. The smallest absolute Gasteiger partial charge is 0.337 e. The van der Waals surface area contributed by atoms with Crippen molar-refractivity contribution in [3.8, 4) is 5.75 Å². The first-order valence-corrected chi connectivity index (χ1v) is 11.6. The first-order valence-electron chi connectivity index (χ1n) is 11.6. The molecule has 1 saturated carbocycles. The number of rotatable bonds is 5. The van der Waals surface area contributed by atoms with Gasteiger partial charge in [0.2, 0.25) is 0 Å². The molecule has 1 fully saturated rings. The van der Waals surface area contributed by atoms with Gasteiger partial charge in [-0.1, -0.05) is 24.8 Å². The monoisotopic (exact) mass is 443 g/mol. The van der Waals surface area contributed by atoms with Crippen LogP contribution in [0, 0.1) is 5.92 Å². The molecule has 1 aromatic heterocycles. The molecular weight excluding hydrogens is 414 g/mol. The van der Waals surface area contributed by atoms with Gasteiger partial charge in [-0.25, -0.2) is 4.79 Å². The van der Waals surface area contributed by atoms with E-state index in [4.69, 9.17) is 20.9 Å². The maximum Gasteiger partial charge on any atom is 0.337 e. The number of hydrogen-bond acceptors (Lipinski definition) is 5. The maximum atomic E-state index is 12.3. The van der Waals surface area contributed by atoms with Crippen molar-refractivity contribution in [3.63, 3.8) is 0 Å². The summed E-state index contributed by atoms with van der Waals surface area (Å²) in [5.41, 5.74) is 19.2. The molecule has 2 aliphatic carbocycles. The van der Waals surface area contributed by atoms with E-state index in [1.165, 1.54) is 25.5 Å². The van der Waals surface area contributed by atoms with Gasteiger partial charge in [-0.15, -0.1) is 0 Å². The molecule has 170 valence electrons. The van der Waals surface area contributed by atoms with Crippen LogP contribution in [0.5, 0.6) is 5.75 Å². The summed E-state index contributed by atoms with van der Waals surface area (Å²) in [6, 6.07) is 11.8. The number of aromatic nitrogens is 1. The predicted molar refractivity (Wildman–Crippen MR) is 128 cm³/mol. The summed E-state index contributed by atoms with van der Waals surface area (Å²) in [6.45, 7) is 5.42. The SMILES string of the molecule is C=Cc1ccc2cc([C@@]3(N)C(N)c4cc(C(=O)OC)cc5c4C3CCO5)n(CC3CC3)c2c1. The Labute approximate surface area is 193 Å². The van der Waals surface area contributed by atoms with Crippen molar-refractivity contribution in [1.82, 2.24) is 4.57 Å². The summed E-state index contributed by atoms with van der Waals surface area (Å²) >= 11 is 0. The number of nitrogens with zero attached hydrogens (tertiary/aromatic N) is 1. The molecule has 3 atom stereocenters. The van der Waals surface area contributed by atoms with Crippen molar-refractivity contribution >= 4 is 22.9 Å². The quantitative estimate of drug-likeness (QED) is 0.576. The fraction of sp³-hybridized carbons (Fsp3) is 0.370. The summed E-state index contributed by atoms with van der Waals surface area (Å²) in [7, 11) is 1.38. The number of carbonyl (C=O) groups excluding carboxylic acids is 1. The fourth-order valence-electron chi connectivity index (χ4n) is 5.87. The average molecular weight is 444 g/mol. The number of carbonyl (C=O) groups is 1. The normalized spacial score (nSPS) is 25.5. The molecule has 0 amide bonds. The zero-order chi connectivity index (χ0) is 22.9. The Morgan fingerprint density at radius 3 is 2.82 bits per heavy atom. The van der Waals surface area contributed by atoms with Crippen LogP contribution in [0.25, 0.3) is 17.0 Å². The number of esters is 1. The molecule has 0 radical (unpaired) electrons. The van der Waals surface area contributed by atoms with Gasteiger partial charge in [0.25, 0.3) is 0 Å². The summed E-state index contributed by atoms with van der Waals surface area (Å²) in [5, 5.41) is 1.16. The Morgan fingerprint density at radius 2 is 2.09 bits per heavy atom. The van der Waals surface area contributed by atoms with Crippen LogP contribution in [-0.4, -0.2) is 24.3 Å². The molecule has 2 aromatic carbocycles. The van der Waals surface area contributed by atoms with Crippen LogP contribution in [0.3, 0.4) is 0 Å². The van der Waals surface area contributed by atoms with E-state index in [0.29, 0.717) is 23.8 Å². The van der Waals surface area contributed by atoms with E-state index >= 15 is 0 Å². The van der Waals surface area contributed by atoms with Gasteiger partial charge < -0.3 is 25.5 Å². The third-order valence-electron chi connectivity index (χ3n) is 7.78. The number of ether oxygens (including phenoxy) is 2. The van der Waals surface area contributed by atoms with Crippen LogP contribution >= 0.6 is 0 Å². The fourth-order valence-corrected chi connectivity index (χ4v) is 5.87. The van der Waals surface area contributed by atoms with Gasteiger partial charge in [-0.05, 0) is 66.0 Å². The van der Waals surface area contributed by atoms with Gasteiger partial charge in [-0.3, -0.25) is 0 Å². The van der Waals surface area contributed by atoms with Gasteiger partial charge >= 0.3 is 5.97 Å². The van der Waals surface area contributed by atoms with E-state index in [1.54, 1.807) is 6.07 Å². The standard InChI is InChI=1S/C27H29N3O3/c1-3-15-6-7-17-13-23(30(21(17)10-15)14-16-4-5-16)27(29)20-8-9-33-22-12-18(26(31)32-2)11-19(24(20)22)25(27)28/h3,6-7,10-13,16,20,25H,1,4-5,8-9,14,28-29H2,2H3/t20?,25?,27-/m1/s1. The summed E-state index contributed by atoms with van der Waals surface area (Å²) in [4.78, 5) is 12.3. The number of methoxy groups -OCH3 is 1. The summed E-state index contributed by atoms with van der Waals surface area (Å²) < 4.78 is 13.3. The number of fused-ring (bicyclic) bond motifs is 1. The molecule has 3 aliphatic rings. The van der Waals surface area contributed by atoms with Crippen molar-refractivity contribution in [3.05, 3.63) is 70.9 Å². The second-order valence-electron chi connectivity index (χ2n) is 9.68. The third-order valence-corrected chi connectivity index (χ3v) is 7.78. The lowest BCUT2D eigenvalue weighted by Gasteiger charge is -2.38. The van der Waals surface area contributed by atoms with Crippen molar-refractivity contribution < 1.29 is 14.3 Å². The molecular formula is C27H29N3O3. The zero-order valence-corrected chi connectivity index (χ0v) is 18.8. The minimum absolute atomic E-state index is 0.0130. The molecule has 0 spiro atoms. The van der Waals surface area contributed by atoms with Crippen molar-refractivity contribution in [2.24, 2.45) is 17.4 Å². The Hall–Kier alpha value is -3.09. The maximum absolute atomic E-state index is 12.3. The molecule has 33 heavy (non-hydrogen) atoms. The molecule has 6 heteroatoms. The van der Waals surface area contributed by atoms with Gasteiger partial charge in [0, 0.05) is 29.2 Å². The topological polar surface area (TPSA) is 92.5 Å². The van der Waals surface area contributed by atoms with Crippen LogP contribution in [-0.2, 0) is 16.8 Å². The molecule has 2 heterocycles. The van der Waals surface area contributed by atoms with E-state index in [0.717, 1.165) is 40.7 Å². The largest absolute Gasteiger partial charge is 0.493 e. The van der Waals surface area contributed by atoms with Crippen LogP contribution < -0.4 is 16.2 Å².